The second-order valence-electron chi connectivity index (χ2n) is 4.15. The van der Waals surface area contributed by atoms with Crippen LogP contribution in [0.4, 0.5) is 0 Å². The zero-order valence-electron chi connectivity index (χ0n) is 11.0. The third-order valence-corrected chi connectivity index (χ3v) is 2.54. The van der Waals surface area contributed by atoms with Crippen LogP contribution in [0.15, 0.2) is 21.8 Å². The Morgan fingerprint density at radius 2 is 2.35 bits per heavy atom. The Hall–Kier alpha value is -1.20. The maximum Gasteiger partial charge on any atom is 0.124 e. The highest BCUT2D eigenvalue weighted by Gasteiger charge is 2.15. The molecule has 17 heavy (non-hydrogen) atoms. The van der Waals surface area contributed by atoms with Crippen molar-refractivity contribution in [2.75, 3.05) is 13.1 Å². The molecule has 1 heterocycles. The van der Waals surface area contributed by atoms with Crippen LogP contribution in [-0.4, -0.2) is 47.5 Å². The van der Waals surface area contributed by atoms with Crippen LogP contribution in [0.25, 0.3) is 0 Å². The largest absolute Gasteiger partial charge is 0.377 e. The van der Waals surface area contributed by atoms with Crippen LogP contribution in [0.1, 0.15) is 27.7 Å². The number of rotatable bonds is 5. The summed E-state index contributed by atoms with van der Waals surface area (Å²) in [6.07, 6.45) is 3.26. The summed E-state index contributed by atoms with van der Waals surface area (Å²) in [5.41, 5.74) is 2.15. The molecule has 96 valence electrons. The maximum absolute atomic E-state index is 9.47. The zero-order chi connectivity index (χ0) is 12.8. The minimum atomic E-state index is -0.578. The van der Waals surface area contributed by atoms with Gasteiger partial charge in [0, 0.05) is 11.4 Å². The molecule has 1 aliphatic heterocycles. The van der Waals surface area contributed by atoms with E-state index in [0.717, 1.165) is 18.0 Å². The number of hydrogen-bond donors (Lipinski definition) is 2. The van der Waals surface area contributed by atoms with E-state index in [1.54, 1.807) is 6.34 Å². The van der Waals surface area contributed by atoms with Crippen LogP contribution in [0.2, 0.25) is 0 Å². The van der Waals surface area contributed by atoms with Gasteiger partial charge in [-0.3, -0.25) is 15.3 Å². The average molecular weight is 238 g/mol. The molecule has 0 radical (unpaired) electrons. The van der Waals surface area contributed by atoms with Gasteiger partial charge in [-0.2, -0.15) is 0 Å². The van der Waals surface area contributed by atoms with Gasteiger partial charge in [0.25, 0.3) is 0 Å². The van der Waals surface area contributed by atoms with Gasteiger partial charge in [-0.25, -0.2) is 0 Å². The molecule has 0 aromatic carbocycles. The van der Waals surface area contributed by atoms with Crippen molar-refractivity contribution in [2.45, 2.75) is 40.1 Å². The van der Waals surface area contributed by atoms with E-state index in [2.05, 4.69) is 15.3 Å². The zero-order valence-corrected chi connectivity index (χ0v) is 11.0. The molecule has 0 aliphatic carbocycles. The molecule has 1 rings (SSSR count). The predicted octanol–water partition coefficient (Wildman–Crippen LogP) is 0.969. The van der Waals surface area contributed by atoms with E-state index in [4.69, 9.17) is 0 Å². The monoisotopic (exact) mass is 238 g/mol. The van der Waals surface area contributed by atoms with Crippen molar-refractivity contribution in [3.63, 3.8) is 0 Å². The first kappa shape index (κ1) is 13.9. The normalized spacial score (nSPS) is 22.6. The highest BCUT2D eigenvalue weighted by Crippen LogP contribution is 2.13. The lowest BCUT2D eigenvalue weighted by Crippen LogP contribution is -2.34. The Balaban J connectivity index is 2.52. The fourth-order valence-corrected chi connectivity index (χ4v) is 1.79. The first-order valence-corrected chi connectivity index (χ1v) is 5.97. The second kappa shape index (κ2) is 6.51. The second-order valence-corrected chi connectivity index (χ2v) is 4.15. The number of aliphatic hydroxyl groups is 1. The number of allylic oxidation sites excluding steroid dienone is 2. The predicted molar refractivity (Wildman–Crippen MR) is 71.2 cm³/mol. The van der Waals surface area contributed by atoms with Crippen LogP contribution in [0, 0.1) is 0 Å². The Kier molecular flexibility index (Phi) is 5.31. The van der Waals surface area contributed by atoms with E-state index in [9.17, 15) is 5.11 Å². The fraction of sp³-hybridized carbons (Fsp3) is 0.667. The summed E-state index contributed by atoms with van der Waals surface area (Å²) in [5, 5.41) is 12.4. The van der Waals surface area contributed by atoms with Crippen LogP contribution < -0.4 is 5.32 Å². The van der Waals surface area contributed by atoms with Gasteiger partial charge >= 0.3 is 0 Å². The Bertz CT molecular complexity index is 335. The summed E-state index contributed by atoms with van der Waals surface area (Å²) in [5.74, 6) is 0. The first-order chi connectivity index (χ1) is 8.04. The van der Waals surface area contributed by atoms with Crippen molar-refractivity contribution >= 4 is 12.1 Å². The van der Waals surface area contributed by atoms with Gasteiger partial charge in [0.15, 0.2) is 0 Å². The maximum atomic E-state index is 9.47. The van der Waals surface area contributed by atoms with Crippen LogP contribution in [-0.2, 0) is 0 Å². The lowest BCUT2D eigenvalue weighted by Gasteiger charge is -2.28. The lowest BCUT2D eigenvalue weighted by atomic mass is 10.2. The minimum Gasteiger partial charge on any atom is -0.377 e. The van der Waals surface area contributed by atoms with Gasteiger partial charge in [-0.05, 0) is 33.4 Å². The smallest absolute Gasteiger partial charge is 0.124 e. The quantitative estimate of drug-likeness (QED) is 0.426. The van der Waals surface area contributed by atoms with Crippen molar-refractivity contribution in [3.8, 4) is 0 Å². The van der Waals surface area contributed by atoms with Gasteiger partial charge in [0.1, 0.15) is 12.4 Å². The number of aliphatic hydroxyl groups excluding tert-OH is 1. The number of nitrogens with one attached hydrogen (secondary N) is 1. The molecule has 0 amide bonds. The fourth-order valence-electron chi connectivity index (χ4n) is 1.79. The Morgan fingerprint density at radius 3 is 2.94 bits per heavy atom. The van der Waals surface area contributed by atoms with Gasteiger partial charge in [0.2, 0.25) is 0 Å². The van der Waals surface area contributed by atoms with Crippen LogP contribution >= 0.6 is 0 Å². The molecule has 1 aliphatic rings. The summed E-state index contributed by atoms with van der Waals surface area (Å²) in [6, 6.07) is 0. The van der Waals surface area contributed by atoms with Gasteiger partial charge in [-0.1, -0.05) is 6.92 Å². The molecule has 0 saturated heterocycles. The molecule has 2 N–H and O–H groups in total. The van der Waals surface area contributed by atoms with E-state index in [0.29, 0.717) is 6.54 Å². The van der Waals surface area contributed by atoms with Gasteiger partial charge in [-0.15, -0.1) is 0 Å². The number of hydrogen-bond acceptors (Lipinski definition) is 4. The summed E-state index contributed by atoms with van der Waals surface area (Å²) in [7, 11) is 0. The van der Waals surface area contributed by atoms with Gasteiger partial charge in [0.05, 0.1) is 12.9 Å². The van der Waals surface area contributed by atoms with Crippen molar-refractivity contribution in [3.05, 3.63) is 11.8 Å². The average Bonchev–Trinajstić information content (AvgIpc) is 2.22. The topological polar surface area (TPSA) is 60.2 Å². The molecule has 0 spiro atoms. The van der Waals surface area contributed by atoms with E-state index in [-0.39, 0.29) is 6.17 Å². The first-order valence-electron chi connectivity index (χ1n) is 5.97. The number of aliphatic imine (C=N–C) groups is 2. The third-order valence-electron chi connectivity index (χ3n) is 2.54. The van der Waals surface area contributed by atoms with Crippen LogP contribution in [0.5, 0.6) is 0 Å². The molecule has 0 aromatic rings. The number of likely N-dealkylation sites (N-methyl/N-ethyl adjacent to an activating group) is 1. The molecule has 5 heteroatoms. The third kappa shape index (κ3) is 4.28. The van der Waals surface area contributed by atoms with Crippen molar-refractivity contribution < 1.29 is 5.11 Å². The Morgan fingerprint density at radius 1 is 1.65 bits per heavy atom. The molecule has 5 nitrogen and oxygen atoms in total. The highest BCUT2D eigenvalue weighted by molar-refractivity contribution is 5.94. The highest BCUT2D eigenvalue weighted by atomic mass is 16.3. The molecule has 2 unspecified atom stereocenters. The lowest BCUT2D eigenvalue weighted by molar-refractivity contribution is 0.148. The van der Waals surface area contributed by atoms with E-state index in [1.807, 2.05) is 38.7 Å². The van der Waals surface area contributed by atoms with Crippen molar-refractivity contribution in [2.24, 2.45) is 9.98 Å². The summed E-state index contributed by atoms with van der Waals surface area (Å²) < 4.78 is 0. The molecule has 0 bridgehead atoms. The summed E-state index contributed by atoms with van der Waals surface area (Å²) in [4.78, 5) is 10.7. The molecular weight excluding hydrogens is 216 g/mol. The molecule has 0 aromatic heterocycles. The standard InChI is InChI=1S/C12H22N4O/c1-5-14-12(17)7-13-8-16-10(3)6-9(2)15-11(16)4/h6,8,11-12,14,17H,5,7H2,1-4H3/b13-8-. The molecule has 0 fully saturated rings. The molecule has 0 saturated carbocycles. The van der Waals surface area contributed by atoms with E-state index in [1.165, 1.54) is 0 Å². The van der Waals surface area contributed by atoms with E-state index < -0.39 is 6.23 Å². The van der Waals surface area contributed by atoms with Gasteiger partial charge < -0.3 is 10.0 Å². The SMILES string of the molecule is CCNC(O)C/N=C\N1C(C)=CC(C)=NC1C. The minimum absolute atomic E-state index is 0.0695. The van der Waals surface area contributed by atoms with E-state index >= 15 is 0 Å². The van der Waals surface area contributed by atoms with Crippen LogP contribution in [0.3, 0.4) is 0 Å². The Labute approximate surface area is 103 Å². The number of nitrogens with zero attached hydrogens (tertiary/aromatic N) is 3. The van der Waals surface area contributed by atoms with Crippen molar-refractivity contribution in [1.82, 2.24) is 10.2 Å². The van der Waals surface area contributed by atoms with Crippen molar-refractivity contribution in [1.29, 1.82) is 0 Å². The summed E-state index contributed by atoms with van der Waals surface area (Å²) in [6.45, 7) is 9.08. The molecule has 2 atom stereocenters. The summed E-state index contributed by atoms with van der Waals surface area (Å²) >= 11 is 0. The molecular formula is C12H22N4O.